The third kappa shape index (κ3) is 48.3. The fraction of sp³-hybridized carbons (Fsp3) is 0.817. The third-order valence-electron chi connectivity index (χ3n) is 13.0. The minimum Gasteiger partial charge on any atom is -0.477 e. The largest absolute Gasteiger partial charge is 0.477 e. The number of likely N-dealkylation sites (N-methyl/N-ethyl adjacent to an activating group) is 1. The summed E-state index contributed by atoms with van der Waals surface area (Å²) in [5, 5.41) is 9.68. The Morgan fingerprint density at radius 1 is 0.441 bits per heavy atom. The zero-order valence-corrected chi connectivity index (χ0v) is 45.3. The van der Waals surface area contributed by atoms with E-state index in [0.717, 1.165) is 64.2 Å². The first kappa shape index (κ1) is 65.3. The van der Waals surface area contributed by atoms with E-state index in [2.05, 4.69) is 62.5 Å². The van der Waals surface area contributed by atoms with Gasteiger partial charge in [-0.3, -0.25) is 9.59 Å². The molecule has 0 radical (unpaired) electrons. The van der Waals surface area contributed by atoms with Gasteiger partial charge in [-0.2, -0.15) is 0 Å². The Morgan fingerprint density at radius 2 is 0.779 bits per heavy atom. The first-order chi connectivity index (χ1) is 33.1. The van der Waals surface area contributed by atoms with Crippen molar-refractivity contribution < 1.29 is 38.2 Å². The van der Waals surface area contributed by atoms with Crippen LogP contribution < -0.4 is 0 Å². The van der Waals surface area contributed by atoms with Gasteiger partial charge in [0.25, 0.3) is 0 Å². The first-order valence-corrected chi connectivity index (χ1v) is 28.7. The van der Waals surface area contributed by atoms with Crippen molar-refractivity contribution in [1.29, 1.82) is 0 Å². The van der Waals surface area contributed by atoms with Crippen LogP contribution in [0.4, 0.5) is 0 Å². The lowest BCUT2D eigenvalue weighted by molar-refractivity contribution is -0.887. The highest BCUT2D eigenvalue weighted by molar-refractivity contribution is 5.72. The summed E-state index contributed by atoms with van der Waals surface area (Å²) in [6.45, 7) is 4.75. The molecule has 0 aromatic carbocycles. The molecule has 0 amide bonds. The van der Waals surface area contributed by atoms with E-state index in [-0.39, 0.29) is 36.2 Å². The van der Waals surface area contributed by atoms with E-state index in [1.165, 1.54) is 167 Å². The highest BCUT2D eigenvalue weighted by Gasteiger charge is 2.31. The molecule has 1 N–H and O–H groups in total. The standard InChI is InChI=1S/C60H109NO7/c1-6-8-10-12-14-16-18-20-22-24-26-28-30-32-34-36-38-40-42-44-46-48-50-58(62)67-55-56(54-66-53-52-57(60(64)65)61(3,4)5)68-59(63)51-49-47-45-43-41-39-37-35-33-31-29-27-25-23-21-19-17-15-13-11-9-7-2/h24-27,30-33,56-57H,6-23,28-29,34-55H2,1-5H3/p+1/b26-24+,27-25+,32-30+,33-31+. The minimum absolute atomic E-state index is 0.0555. The van der Waals surface area contributed by atoms with Crippen molar-refractivity contribution in [1.82, 2.24) is 0 Å². The van der Waals surface area contributed by atoms with Gasteiger partial charge in [0.2, 0.25) is 0 Å². The molecule has 0 rings (SSSR count). The highest BCUT2D eigenvalue weighted by Crippen LogP contribution is 2.15. The third-order valence-corrected chi connectivity index (χ3v) is 13.0. The molecule has 8 nitrogen and oxygen atoms in total. The Bertz CT molecular complexity index is 1250. The van der Waals surface area contributed by atoms with Crippen LogP contribution in [0.3, 0.4) is 0 Å². The second-order valence-corrected chi connectivity index (χ2v) is 20.5. The van der Waals surface area contributed by atoms with Gasteiger partial charge < -0.3 is 23.8 Å². The van der Waals surface area contributed by atoms with E-state index >= 15 is 0 Å². The van der Waals surface area contributed by atoms with Gasteiger partial charge in [0.1, 0.15) is 6.61 Å². The van der Waals surface area contributed by atoms with Crippen molar-refractivity contribution in [3.63, 3.8) is 0 Å². The number of carbonyl (C=O) groups excluding carboxylic acids is 2. The number of ether oxygens (including phenoxy) is 3. The number of unbranched alkanes of at least 4 members (excludes halogenated alkanes) is 30. The average Bonchev–Trinajstić information content (AvgIpc) is 3.30. The maximum atomic E-state index is 12.8. The second-order valence-electron chi connectivity index (χ2n) is 20.5. The van der Waals surface area contributed by atoms with Gasteiger partial charge in [-0.25, -0.2) is 4.79 Å². The molecule has 0 aliphatic carbocycles. The van der Waals surface area contributed by atoms with E-state index in [0.29, 0.717) is 19.3 Å². The summed E-state index contributed by atoms with van der Waals surface area (Å²) in [4.78, 5) is 37.3. The Labute approximate surface area is 420 Å². The smallest absolute Gasteiger partial charge is 0.362 e. The summed E-state index contributed by atoms with van der Waals surface area (Å²) >= 11 is 0. The summed E-state index contributed by atoms with van der Waals surface area (Å²) in [7, 11) is 5.54. The van der Waals surface area contributed by atoms with E-state index in [4.69, 9.17) is 14.2 Å². The van der Waals surface area contributed by atoms with Crippen LogP contribution in [0.25, 0.3) is 0 Å². The van der Waals surface area contributed by atoms with Crippen molar-refractivity contribution in [2.24, 2.45) is 0 Å². The number of quaternary nitrogens is 1. The molecule has 0 saturated heterocycles. The quantitative estimate of drug-likeness (QED) is 0.0281. The molecule has 0 aromatic heterocycles. The molecule has 0 saturated carbocycles. The molecule has 68 heavy (non-hydrogen) atoms. The van der Waals surface area contributed by atoms with Crippen molar-refractivity contribution in [3.05, 3.63) is 48.6 Å². The number of aliphatic carboxylic acids is 1. The maximum absolute atomic E-state index is 12.8. The molecule has 0 aliphatic heterocycles. The summed E-state index contributed by atoms with van der Waals surface area (Å²) in [6, 6.07) is -0.619. The van der Waals surface area contributed by atoms with E-state index in [1.807, 2.05) is 21.1 Å². The Morgan fingerprint density at radius 3 is 1.13 bits per heavy atom. The topological polar surface area (TPSA) is 99.1 Å². The molecule has 396 valence electrons. The molecule has 0 aromatic rings. The molecule has 8 heteroatoms. The summed E-state index contributed by atoms with van der Waals surface area (Å²) in [5.74, 6) is -1.48. The molecule has 0 aliphatic rings. The van der Waals surface area contributed by atoms with Gasteiger partial charge >= 0.3 is 17.9 Å². The normalized spacial score (nSPS) is 13.1. The van der Waals surface area contributed by atoms with Crippen LogP contribution in [0, 0.1) is 0 Å². The summed E-state index contributed by atoms with van der Waals surface area (Å²) in [5.41, 5.74) is 0. The van der Waals surface area contributed by atoms with Crippen LogP contribution in [0.2, 0.25) is 0 Å². The van der Waals surface area contributed by atoms with Crippen LogP contribution in [-0.2, 0) is 28.6 Å². The number of esters is 2. The SMILES string of the molecule is CCCCCCCCCC/C=C/C/C=C/CCCCCCCCCC(=O)OCC(COCCC(C(=O)O)[N+](C)(C)C)OC(=O)CCCCCCCCC/C=C/C/C=C/CCCCCCCCCC. The summed E-state index contributed by atoms with van der Waals surface area (Å²) < 4.78 is 17.4. The monoisotopic (exact) mass is 957 g/mol. The van der Waals surface area contributed by atoms with Gasteiger partial charge in [0, 0.05) is 19.3 Å². The van der Waals surface area contributed by atoms with Gasteiger partial charge in [-0.05, 0) is 77.0 Å². The average molecular weight is 958 g/mol. The van der Waals surface area contributed by atoms with Gasteiger partial charge in [-0.1, -0.05) is 217 Å². The Balaban J connectivity index is 4.21. The van der Waals surface area contributed by atoms with Crippen molar-refractivity contribution in [2.75, 3.05) is 41.0 Å². The predicted octanol–water partition coefficient (Wildman–Crippen LogP) is 17.1. The highest BCUT2D eigenvalue weighted by atomic mass is 16.6. The van der Waals surface area contributed by atoms with Crippen LogP contribution in [0.5, 0.6) is 0 Å². The lowest BCUT2D eigenvalue weighted by atomic mass is 10.1. The number of hydrogen-bond acceptors (Lipinski definition) is 6. The maximum Gasteiger partial charge on any atom is 0.362 e. The fourth-order valence-electron chi connectivity index (χ4n) is 8.51. The zero-order valence-electron chi connectivity index (χ0n) is 45.3. The zero-order chi connectivity index (χ0) is 49.9. The number of hydrogen-bond donors (Lipinski definition) is 1. The van der Waals surface area contributed by atoms with Gasteiger partial charge in [0.05, 0.1) is 34.4 Å². The van der Waals surface area contributed by atoms with Crippen LogP contribution >= 0.6 is 0 Å². The Hall–Kier alpha value is -2.71. The first-order valence-electron chi connectivity index (χ1n) is 28.7. The number of nitrogens with zero attached hydrogens (tertiary/aromatic N) is 1. The number of rotatable bonds is 52. The molecule has 0 fully saturated rings. The molecular weight excluding hydrogens is 847 g/mol. The van der Waals surface area contributed by atoms with Crippen LogP contribution in [-0.4, -0.2) is 80.6 Å². The molecule has 0 heterocycles. The van der Waals surface area contributed by atoms with Crippen LogP contribution in [0.15, 0.2) is 48.6 Å². The van der Waals surface area contributed by atoms with Crippen molar-refractivity contribution in [3.8, 4) is 0 Å². The molecule has 0 spiro atoms. The number of allylic oxidation sites excluding steroid dienone is 8. The van der Waals surface area contributed by atoms with Crippen molar-refractivity contribution >= 4 is 17.9 Å². The van der Waals surface area contributed by atoms with Crippen LogP contribution in [0.1, 0.15) is 264 Å². The minimum atomic E-state index is -0.876. The van der Waals surface area contributed by atoms with E-state index in [9.17, 15) is 19.5 Å². The van der Waals surface area contributed by atoms with E-state index < -0.39 is 18.1 Å². The molecular formula is C60H110NO7+. The Kier molecular flexibility index (Phi) is 48.7. The fourth-order valence-corrected chi connectivity index (χ4v) is 8.51. The molecule has 0 bridgehead atoms. The van der Waals surface area contributed by atoms with E-state index in [1.54, 1.807) is 0 Å². The summed E-state index contributed by atoms with van der Waals surface area (Å²) in [6.07, 6.45) is 63.1. The lowest BCUT2D eigenvalue weighted by Gasteiger charge is -2.31. The van der Waals surface area contributed by atoms with Gasteiger partial charge in [-0.15, -0.1) is 0 Å². The number of carbonyl (C=O) groups is 3. The van der Waals surface area contributed by atoms with Crippen molar-refractivity contribution in [2.45, 2.75) is 276 Å². The second kappa shape index (κ2) is 50.7. The molecule has 2 unspecified atom stereocenters. The lowest BCUT2D eigenvalue weighted by Crippen LogP contribution is -2.50. The van der Waals surface area contributed by atoms with Gasteiger partial charge in [0.15, 0.2) is 12.1 Å². The number of carboxylic acid groups (broad SMARTS) is 1. The molecule has 2 atom stereocenters. The number of carboxylic acids is 1. The predicted molar refractivity (Wildman–Crippen MR) is 289 cm³/mol.